The highest BCUT2D eigenvalue weighted by Crippen LogP contribution is 2.26. The standard InChI is InChI=1S/C25H44/c1-9-22(6)16-18-25(24(8)15-11-13-21(4)5)19-17-23(7)14-10-12-20(2)3/h9,15,17,20-21,25H,1,6,10-14,16,18-19H2,2-5,7-8H3/b23-17+,24-15+/t25-/m0/s1. The summed E-state index contributed by atoms with van der Waals surface area (Å²) in [6, 6.07) is 0. The number of rotatable bonds is 14. The van der Waals surface area contributed by atoms with Crippen molar-refractivity contribution in [1.29, 1.82) is 0 Å². The predicted octanol–water partition coefficient (Wildman–Crippen LogP) is 8.67. The van der Waals surface area contributed by atoms with Crippen LogP contribution in [0, 0.1) is 17.8 Å². The summed E-state index contributed by atoms with van der Waals surface area (Å²) in [6.45, 7) is 21.8. The van der Waals surface area contributed by atoms with Gasteiger partial charge in [0, 0.05) is 0 Å². The molecule has 0 aliphatic heterocycles. The molecule has 0 unspecified atom stereocenters. The molecule has 0 aliphatic carbocycles. The van der Waals surface area contributed by atoms with Crippen LogP contribution in [0.3, 0.4) is 0 Å². The van der Waals surface area contributed by atoms with Gasteiger partial charge in [0.15, 0.2) is 0 Å². The summed E-state index contributed by atoms with van der Waals surface area (Å²) in [7, 11) is 0. The van der Waals surface area contributed by atoms with E-state index in [-0.39, 0.29) is 0 Å². The molecule has 0 nitrogen and oxygen atoms in total. The van der Waals surface area contributed by atoms with Gasteiger partial charge >= 0.3 is 0 Å². The lowest BCUT2D eigenvalue weighted by Gasteiger charge is -2.18. The van der Waals surface area contributed by atoms with Crippen LogP contribution in [0.1, 0.15) is 92.9 Å². The molecule has 0 aromatic carbocycles. The van der Waals surface area contributed by atoms with Crippen LogP contribution in [0.25, 0.3) is 0 Å². The van der Waals surface area contributed by atoms with Gasteiger partial charge in [-0.25, -0.2) is 0 Å². The molecule has 0 N–H and O–H groups in total. The first-order chi connectivity index (χ1) is 11.8. The molecule has 0 spiro atoms. The molecule has 0 saturated carbocycles. The van der Waals surface area contributed by atoms with Crippen LogP contribution in [0.5, 0.6) is 0 Å². The Morgan fingerprint density at radius 3 is 2.08 bits per heavy atom. The van der Waals surface area contributed by atoms with Crippen molar-refractivity contribution < 1.29 is 0 Å². The monoisotopic (exact) mass is 344 g/mol. The normalized spacial score (nSPS) is 14.2. The summed E-state index contributed by atoms with van der Waals surface area (Å²) in [5.74, 6) is 2.24. The van der Waals surface area contributed by atoms with E-state index >= 15 is 0 Å². The third-order valence-corrected chi connectivity index (χ3v) is 5.06. The van der Waals surface area contributed by atoms with E-state index in [2.05, 4.69) is 66.9 Å². The van der Waals surface area contributed by atoms with Crippen molar-refractivity contribution in [3.63, 3.8) is 0 Å². The minimum atomic E-state index is 0.643. The van der Waals surface area contributed by atoms with Crippen molar-refractivity contribution >= 4 is 0 Å². The highest BCUT2D eigenvalue weighted by Gasteiger charge is 2.10. The highest BCUT2D eigenvalue weighted by molar-refractivity contribution is 5.13. The first-order valence-electron chi connectivity index (χ1n) is 10.4. The van der Waals surface area contributed by atoms with Gasteiger partial charge in [0.05, 0.1) is 0 Å². The zero-order valence-electron chi connectivity index (χ0n) is 18.0. The molecule has 1 atom stereocenters. The third-order valence-electron chi connectivity index (χ3n) is 5.06. The lowest BCUT2D eigenvalue weighted by atomic mass is 9.88. The zero-order valence-corrected chi connectivity index (χ0v) is 18.0. The van der Waals surface area contributed by atoms with E-state index < -0.39 is 0 Å². The Balaban J connectivity index is 4.70. The zero-order chi connectivity index (χ0) is 19.2. The van der Waals surface area contributed by atoms with E-state index in [0.29, 0.717) is 5.92 Å². The van der Waals surface area contributed by atoms with Crippen molar-refractivity contribution in [3.8, 4) is 0 Å². The summed E-state index contributed by atoms with van der Waals surface area (Å²) < 4.78 is 0. The third kappa shape index (κ3) is 13.9. The molecule has 0 rings (SSSR count). The average Bonchev–Trinajstić information content (AvgIpc) is 2.53. The predicted molar refractivity (Wildman–Crippen MR) is 117 cm³/mol. The first-order valence-corrected chi connectivity index (χ1v) is 10.4. The maximum absolute atomic E-state index is 4.09. The van der Waals surface area contributed by atoms with Crippen molar-refractivity contribution in [3.05, 3.63) is 48.1 Å². The minimum Gasteiger partial charge on any atom is -0.0988 e. The van der Waals surface area contributed by atoms with Crippen LogP contribution >= 0.6 is 0 Å². The van der Waals surface area contributed by atoms with Crippen molar-refractivity contribution in [2.24, 2.45) is 17.8 Å². The molecule has 0 heteroatoms. The largest absolute Gasteiger partial charge is 0.0988 e. The molecule has 25 heavy (non-hydrogen) atoms. The van der Waals surface area contributed by atoms with E-state index in [1.165, 1.54) is 44.9 Å². The second-order valence-electron chi connectivity index (χ2n) is 8.59. The van der Waals surface area contributed by atoms with Crippen molar-refractivity contribution in [2.45, 2.75) is 92.9 Å². The summed E-state index contributed by atoms with van der Waals surface area (Å²) in [5, 5.41) is 0. The maximum atomic E-state index is 4.09. The molecule has 0 bridgehead atoms. The minimum absolute atomic E-state index is 0.643. The summed E-state index contributed by atoms with van der Waals surface area (Å²) in [5.41, 5.74) is 4.28. The van der Waals surface area contributed by atoms with Crippen LogP contribution in [0.15, 0.2) is 48.1 Å². The lowest BCUT2D eigenvalue weighted by molar-refractivity contribution is 0.545. The highest BCUT2D eigenvalue weighted by atomic mass is 14.2. The van der Waals surface area contributed by atoms with Gasteiger partial charge in [-0.2, -0.15) is 0 Å². The Bertz CT molecular complexity index is 431. The van der Waals surface area contributed by atoms with Gasteiger partial charge < -0.3 is 0 Å². The van der Waals surface area contributed by atoms with Crippen LogP contribution in [-0.2, 0) is 0 Å². The van der Waals surface area contributed by atoms with Crippen LogP contribution < -0.4 is 0 Å². The van der Waals surface area contributed by atoms with Gasteiger partial charge in [-0.1, -0.05) is 82.2 Å². The first kappa shape index (κ1) is 24.0. The molecule has 0 amide bonds. The molecule has 0 aromatic heterocycles. The quantitative estimate of drug-likeness (QED) is 0.218. The number of hydrogen-bond acceptors (Lipinski definition) is 0. The second-order valence-corrected chi connectivity index (χ2v) is 8.59. The molecular weight excluding hydrogens is 300 g/mol. The van der Waals surface area contributed by atoms with E-state index in [1.54, 1.807) is 11.1 Å². The molecule has 0 aliphatic rings. The van der Waals surface area contributed by atoms with Gasteiger partial charge in [-0.05, 0) is 76.5 Å². The smallest absolute Gasteiger partial charge is 0.0168 e. The molecule has 144 valence electrons. The maximum Gasteiger partial charge on any atom is -0.0168 e. The summed E-state index contributed by atoms with van der Waals surface area (Å²) >= 11 is 0. The number of allylic oxidation sites excluding steroid dienone is 6. The lowest BCUT2D eigenvalue weighted by Crippen LogP contribution is -2.03. The molecule has 0 fully saturated rings. The average molecular weight is 345 g/mol. The van der Waals surface area contributed by atoms with Gasteiger partial charge in [0.2, 0.25) is 0 Å². The SMILES string of the molecule is C=CC(=C)CC[C@@H](C/C=C(\C)CCCC(C)C)/C(C)=C/CCC(C)C. The number of hydrogen-bond donors (Lipinski definition) is 0. The van der Waals surface area contributed by atoms with Crippen LogP contribution in [0.4, 0.5) is 0 Å². The molecule has 0 saturated heterocycles. The second kappa shape index (κ2) is 14.2. The Hall–Kier alpha value is -1.04. The van der Waals surface area contributed by atoms with E-state index in [0.717, 1.165) is 23.8 Å². The van der Waals surface area contributed by atoms with E-state index in [4.69, 9.17) is 0 Å². The molecular formula is C25H44. The molecule has 0 heterocycles. The fourth-order valence-electron chi connectivity index (χ4n) is 3.04. The Morgan fingerprint density at radius 1 is 0.880 bits per heavy atom. The van der Waals surface area contributed by atoms with Crippen molar-refractivity contribution in [2.75, 3.05) is 0 Å². The summed E-state index contributed by atoms with van der Waals surface area (Å²) in [6.07, 6.45) is 16.7. The van der Waals surface area contributed by atoms with Crippen molar-refractivity contribution in [1.82, 2.24) is 0 Å². The van der Waals surface area contributed by atoms with Crippen LogP contribution in [-0.4, -0.2) is 0 Å². The molecule has 0 aromatic rings. The van der Waals surface area contributed by atoms with Gasteiger partial charge in [-0.3, -0.25) is 0 Å². The van der Waals surface area contributed by atoms with Gasteiger partial charge in [0.25, 0.3) is 0 Å². The Kier molecular flexibility index (Phi) is 13.6. The summed E-state index contributed by atoms with van der Waals surface area (Å²) in [4.78, 5) is 0. The van der Waals surface area contributed by atoms with E-state index in [9.17, 15) is 0 Å². The van der Waals surface area contributed by atoms with E-state index in [1.807, 2.05) is 6.08 Å². The fourth-order valence-corrected chi connectivity index (χ4v) is 3.04. The van der Waals surface area contributed by atoms with Gasteiger partial charge in [0.1, 0.15) is 0 Å². The fraction of sp³-hybridized carbons (Fsp3) is 0.680. The molecule has 0 radical (unpaired) electrons. The van der Waals surface area contributed by atoms with Gasteiger partial charge in [-0.15, -0.1) is 0 Å². The topological polar surface area (TPSA) is 0 Å². The van der Waals surface area contributed by atoms with Crippen LogP contribution in [0.2, 0.25) is 0 Å². The Morgan fingerprint density at radius 2 is 1.52 bits per heavy atom. The Labute approximate surface area is 159 Å².